The maximum absolute atomic E-state index is 13.2. The van der Waals surface area contributed by atoms with Crippen LogP contribution in [0.1, 0.15) is 19.3 Å². The lowest BCUT2D eigenvalue weighted by Gasteiger charge is -2.36. The zero-order chi connectivity index (χ0) is 15.1. The van der Waals surface area contributed by atoms with Crippen molar-refractivity contribution in [2.45, 2.75) is 19.3 Å². The topological polar surface area (TPSA) is 35.9 Å². The molecule has 1 heterocycles. The predicted molar refractivity (Wildman–Crippen MR) is 82.5 cm³/mol. The van der Waals surface area contributed by atoms with Gasteiger partial charge in [-0.25, -0.2) is 4.39 Å². The summed E-state index contributed by atoms with van der Waals surface area (Å²) in [5.41, 5.74) is 0.971. The second kappa shape index (κ2) is 8.20. The van der Waals surface area contributed by atoms with Gasteiger partial charge in [0.15, 0.2) is 0 Å². The van der Waals surface area contributed by atoms with Gasteiger partial charge in [0.2, 0.25) is 0 Å². The van der Waals surface area contributed by atoms with Crippen LogP contribution in [-0.4, -0.2) is 56.4 Å². The van der Waals surface area contributed by atoms with E-state index < -0.39 is 0 Å². The molecule has 1 aliphatic rings. The molecule has 1 saturated heterocycles. The summed E-state index contributed by atoms with van der Waals surface area (Å²) in [7, 11) is 1.58. The van der Waals surface area contributed by atoms with Crippen LogP contribution >= 0.6 is 0 Å². The summed E-state index contributed by atoms with van der Waals surface area (Å²) >= 11 is 0. The van der Waals surface area contributed by atoms with Gasteiger partial charge in [0.05, 0.1) is 12.8 Å². The SMILES string of the molecule is COc1cc(F)ccc1N1CCN(CCCCCO)CC1. The third-order valence-electron chi connectivity index (χ3n) is 3.99. The lowest BCUT2D eigenvalue weighted by atomic mass is 10.2. The zero-order valence-corrected chi connectivity index (χ0v) is 12.7. The van der Waals surface area contributed by atoms with Gasteiger partial charge >= 0.3 is 0 Å². The van der Waals surface area contributed by atoms with Crippen molar-refractivity contribution in [2.75, 3.05) is 51.3 Å². The molecule has 0 atom stereocenters. The Bertz CT molecular complexity index is 434. The first-order valence-corrected chi connectivity index (χ1v) is 7.66. The van der Waals surface area contributed by atoms with Crippen molar-refractivity contribution in [3.8, 4) is 5.75 Å². The number of methoxy groups -OCH3 is 1. The molecule has 1 N–H and O–H groups in total. The first-order chi connectivity index (χ1) is 10.2. The van der Waals surface area contributed by atoms with Crippen LogP contribution in [0.5, 0.6) is 5.75 Å². The Morgan fingerprint density at radius 1 is 1.14 bits per heavy atom. The number of anilines is 1. The van der Waals surface area contributed by atoms with Gasteiger partial charge in [0.25, 0.3) is 0 Å². The molecule has 1 aromatic carbocycles. The van der Waals surface area contributed by atoms with E-state index in [0.29, 0.717) is 5.75 Å². The Morgan fingerprint density at radius 2 is 1.90 bits per heavy atom. The van der Waals surface area contributed by atoms with Gasteiger partial charge in [0.1, 0.15) is 11.6 Å². The average Bonchev–Trinajstić information content (AvgIpc) is 2.52. The molecule has 2 rings (SSSR count). The number of halogens is 1. The summed E-state index contributed by atoms with van der Waals surface area (Å²) in [6.45, 7) is 5.27. The molecule has 5 heteroatoms. The molecule has 0 saturated carbocycles. The van der Waals surface area contributed by atoms with Crippen molar-refractivity contribution < 1.29 is 14.2 Å². The number of nitrogens with zero attached hydrogens (tertiary/aromatic N) is 2. The van der Waals surface area contributed by atoms with Gasteiger partial charge in [0, 0.05) is 38.9 Å². The summed E-state index contributed by atoms with van der Waals surface area (Å²) in [4.78, 5) is 4.70. The second-order valence-electron chi connectivity index (χ2n) is 5.43. The third kappa shape index (κ3) is 4.58. The molecule has 0 bridgehead atoms. The van der Waals surface area contributed by atoms with Crippen LogP contribution < -0.4 is 9.64 Å². The molecule has 0 unspecified atom stereocenters. The second-order valence-corrected chi connectivity index (χ2v) is 5.43. The molecule has 1 fully saturated rings. The number of ether oxygens (including phenoxy) is 1. The van der Waals surface area contributed by atoms with E-state index in [1.165, 1.54) is 12.1 Å². The molecule has 118 valence electrons. The van der Waals surface area contributed by atoms with Crippen LogP contribution in [0.2, 0.25) is 0 Å². The summed E-state index contributed by atoms with van der Waals surface area (Å²) in [5, 5.41) is 8.77. The Hall–Kier alpha value is -1.33. The normalized spacial score (nSPS) is 16.2. The third-order valence-corrected chi connectivity index (χ3v) is 3.99. The first-order valence-electron chi connectivity index (χ1n) is 7.66. The number of aliphatic hydroxyl groups is 1. The van der Waals surface area contributed by atoms with Crippen LogP contribution in [0.4, 0.5) is 10.1 Å². The molecular formula is C16H25FN2O2. The van der Waals surface area contributed by atoms with Crippen LogP contribution in [0.25, 0.3) is 0 Å². The number of unbranched alkanes of at least 4 members (excludes halogenated alkanes) is 2. The lowest BCUT2D eigenvalue weighted by Crippen LogP contribution is -2.46. The highest BCUT2D eigenvalue weighted by Gasteiger charge is 2.19. The average molecular weight is 296 g/mol. The molecule has 21 heavy (non-hydrogen) atoms. The van der Waals surface area contributed by atoms with Gasteiger partial charge in [-0.2, -0.15) is 0 Å². The summed E-state index contributed by atoms with van der Waals surface area (Å²) in [6, 6.07) is 4.72. The monoisotopic (exact) mass is 296 g/mol. The number of hydrogen-bond acceptors (Lipinski definition) is 4. The summed E-state index contributed by atoms with van der Waals surface area (Å²) in [5.74, 6) is 0.338. The predicted octanol–water partition coefficient (Wildman–Crippen LogP) is 2.12. The molecule has 0 radical (unpaired) electrons. The standard InChI is InChI=1S/C16H25FN2O2/c1-21-16-13-14(17)5-6-15(16)19-10-8-18(9-11-19)7-3-2-4-12-20/h5-6,13,20H,2-4,7-12H2,1H3. The van der Waals surface area contributed by atoms with Crippen LogP contribution in [0.15, 0.2) is 18.2 Å². The van der Waals surface area contributed by atoms with Gasteiger partial charge in [-0.15, -0.1) is 0 Å². The van der Waals surface area contributed by atoms with Crippen molar-refractivity contribution in [3.63, 3.8) is 0 Å². The molecule has 0 aromatic heterocycles. The van der Waals surface area contributed by atoms with E-state index in [-0.39, 0.29) is 12.4 Å². The quantitative estimate of drug-likeness (QED) is 0.782. The van der Waals surface area contributed by atoms with Crippen LogP contribution in [0.3, 0.4) is 0 Å². The lowest BCUT2D eigenvalue weighted by molar-refractivity contribution is 0.241. The summed E-state index contributed by atoms with van der Waals surface area (Å²) in [6.07, 6.45) is 3.12. The number of piperazine rings is 1. The Balaban J connectivity index is 1.83. The zero-order valence-electron chi connectivity index (χ0n) is 12.7. The van der Waals surface area contributed by atoms with E-state index in [2.05, 4.69) is 9.80 Å². The summed E-state index contributed by atoms with van der Waals surface area (Å²) < 4.78 is 18.5. The van der Waals surface area contributed by atoms with Gasteiger partial charge in [-0.1, -0.05) is 0 Å². The van der Waals surface area contributed by atoms with Gasteiger partial charge in [-0.05, 0) is 37.9 Å². The number of rotatable bonds is 7. The Kier molecular flexibility index (Phi) is 6.26. The molecule has 1 aliphatic heterocycles. The van der Waals surface area contributed by atoms with E-state index in [9.17, 15) is 4.39 Å². The number of aliphatic hydroxyl groups excluding tert-OH is 1. The fraction of sp³-hybridized carbons (Fsp3) is 0.625. The van der Waals surface area contributed by atoms with Crippen molar-refractivity contribution in [2.24, 2.45) is 0 Å². The largest absolute Gasteiger partial charge is 0.494 e. The molecule has 0 spiro atoms. The highest BCUT2D eigenvalue weighted by molar-refractivity contribution is 5.58. The van der Waals surface area contributed by atoms with E-state index in [1.807, 2.05) is 0 Å². The van der Waals surface area contributed by atoms with E-state index in [4.69, 9.17) is 9.84 Å². The van der Waals surface area contributed by atoms with E-state index in [1.54, 1.807) is 13.2 Å². The van der Waals surface area contributed by atoms with E-state index in [0.717, 1.165) is 57.7 Å². The van der Waals surface area contributed by atoms with Crippen molar-refractivity contribution >= 4 is 5.69 Å². The Labute approximate surface area is 126 Å². The molecule has 4 nitrogen and oxygen atoms in total. The minimum Gasteiger partial charge on any atom is -0.494 e. The molecule has 0 aliphatic carbocycles. The first kappa shape index (κ1) is 16.0. The smallest absolute Gasteiger partial charge is 0.145 e. The highest BCUT2D eigenvalue weighted by Crippen LogP contribution is 2.29. The minimum absolute atomic E-state index is 0.266. The van der Waals surface area contributed by atoms with Crippen molar-refractivity contribution in [1.82, 2.24) is 4.90 Å². The van der Waals surface area contributed by atoms with Gasteiger partial charge < -0.3 is 14.7 Å². The van der Waals surface area contributed by atoms with Crippen LogP contribution in [0, 0.1) is 5.82 Å². The van der Waals surface area contributed by atoms with E-state index >= 15 is 0 Å². The fourth-order valence-electron chi connectivity index (χ4n) is 2.75. The molecular weight excluding hydrogens is 271 g/mol. The van der Waals surface area contributed by atoms with Crippen molar-refractivity contribution in [3.05, 3.63) is 24.0 Å². The number of benzene rings is 1. The fourth-order valence-corrected chi connectivity index (χ4v) is 2.75. The number of hydrogen-bond donors (Lipinski definition) is 1. The van der Waals surface area contributed by atoms with Gasteiger partial charge in [-0.3, -0.25) is 4.90 Å². The minimum atomic E-state index is -0.266. The van der Waals surface area contributed by atoms with Crippen LogP contribution in [-0.2, 0) is 0 Å². The maximum Gasteiger partial charge on any atom is 0.145 e. The highest BCUT2D eigenvalue weighted by atomic mass is 19.1. The molecule has 0 amide bonds. The Morgan fingerprint density at radius 3 is 2.57 bits per heavy atom. The maximum atomic E-state index is 13.2. The van der Waals surface area contributed by atoms with Crippen molar-refractivity contribution in [1.29, 1.82) is 0 Å². The molecule has 1 aromatic rings.